The minimum atomic E-state index is -1.16. The van der Waals surface area contributed by atoms with Crippen LogP contribution in [-0.2, 0) is 14.3 Å². The number of hydrogen-bond acceptors (Lipinski definition) is 7. The van der Waals surface area contributed by atoms with Gasteiger partial charge >= 0.3 is 11.9 Å². The lowest BCUT2D eigenvalue weighted by Gasteiger charge is -2.20. The molecule has 0 aliphatic carbocycles. The molecule has 3 rings (SSSR count). The Labute approximate surface area is 250 Å². The van der Waals surface area contributed by atoms with Gasteiger partial charge in [-0.3, -0.25) is 9.59 Å². The summed E-state index contributed by atoms with van der Waals surface area (Å²) in [6.07, 6.45) is 2.42. The molecule has 1 N–H and O–H groups in total. The number of nitrogens with zero attached hydrogens (tertiary/aromatic N) is 1. The van der Waals surface area contributed by atoms with E-state index in [1.54, 1.807) is 32.9 Å². The summed E-state index contributed by atoms with van der Waals surface area (Å²) >= 11 is 0. The first-order valence-corrected chi connectivity index (χ1v) is 13.9. The largest absolute Gasteiger partial charge is 0.493 e. The predicted molar refractivity (Wildman–Crippen MR) is 157 cm³/mol. The Balaban J connectivity index is 1.92. The average Bonchev–Trinajstić information content (AvgIpc) is 2.95. The fourth-order valence-corrected chi connectivity index (χ4v) is 4.61. The minimum absolute atomic E-state index is 0.127. The van der Waals surface area contributed by atoms with Crippen LogP contribution >= 0.6 is 0 Å². The molecule has 0 bridgehead atoms. The molecule has 0 aliphatic heterocycles. The molecule has 0 saturated heterocycles. The molecule has 0 saturated carbocycles. The summed E-state index contributed by atoms with van der Waals surface area (Å²) in [6.45, 7) is 10.1. The third-order valence-corrected chi connectivity index (χ3v) is 7.05. The van der Waals surface area contributed by atoms with Gasteiger partial charge in [-0.25, -0.2) is 18.6 Å². The Kier molecular flexibility index (Phi) is 11.1. The second kappa shape index (κ2) is 14.5. The van der Waals surface area contributed by atoms with Crippen LogP contribution in [0.4, 0.5) is 8.78 Å². The molecule has 0 unspecified atom stereocenters. The van der Waals surface area contributed by atoms with Gasteiger partial charge in [0.25, 0.3) is 5.91 Å². The van der Waals surface area contributed by atoms with Crippen LogP contribution in [0.2, 0.25) is 0 Å². The highest BCUT2D eigenvalue weighted by Crippen LogP contribution is 2.33. The van der Waals surface area contributed by atoms with E-state index >= 15 is 0 Å². The monoisotopic (exact) mass is 594 g/mol. The number of allylic oxidation sites excluding steroid dienone is 1. The van der Waals surface area contributed by atoms with Gasteiger partial charge in [0.1, 0.15) is 23.4 Å². The molecule has 10 heteroatoms. The van der Waals surface area contributed by atoms with Crippen LogP contribution in [0, 0.1) is 31.4 Å². The summed E-state index contributed by atoms with van der Waals surface area (Å²) in [4.78, 5) is 43.2. The van der Waals surface area contributed by atoms with E-state index in [2.05, 4.69) is 10.3 Å². The lowest BCUT2D eigenvalue weighted by Crippen LogP contribution is -2.40. The van der Waals surface area contributed by atoms with Crippen molar-refractivity contribution in [1.82, 2.24) is 10.3 Å². The molecule has 43 heavy (non-hydrogen) atoms. The summed E-state index contributed by atoms with van der Waals surface area (Å²) in [5.41, 5.74) is 2.55. The van der Waals surface area contributed by atoms with Gasteiger partial charge in [0, 0.05) is 17.8 Å². The molecule has 228 valence electrons. The number of halogens is 2. The van der Waals surface area contributed by atoms with Gasteiger partial charge in [0.05, 0.1) is 13.0 Å². The maximum Gasteiger partial charge on any atom is 0.333 e. The van der Waals surface area contributed by atoms with Gasteiger partial charge in [0.15, 0.2) is 11.4 Å². The van der Waals surface area contributed by atoms with E-state index < -0.39 is 35.5 Å². The lowest BCUT2D eigenvalue weighted by atomic mass is 9.90. The zero-order valence-electron chi connectivity index (χ0n) is 25.3. The topological polar surface area (TPSA) is 104 Å². The normalized spacial score (nSPS) is 11.5. The van der Waals surface area contributed by atoms with Crippen LogP contribution in [0.25, 0.3) is 5.57 Å². The molecule has 1 amide bonds. The van der Waals surface area contributed by atoms with Crippen LogP contribution in [-0.4, -0.2) is 36.0 Å². The van der Waals surface area contributed by atoms with Gasteiger partial charge in [-0.1, -0.05) is 26.0 Å². The van der Waals surface area contributed by atoms with Crippen molar-refractivity contribution < 1.29 is 37.4 Å². The van der Waals surface area contributed by atoms with E-state index in [0.29, 0.717) is 40.7 Å². The summed E-state index contributed by atoms with van der Waals surface area (Å²) in [7, 11) is 1.36. The quantitative estimate of drug-likeness (QED) is 0.201. The molecule has 3 aromatic rings. The van der Waals surface area contributed by atoms with Crippen molar-refractivity contribution in [2.75, 3.05) is 7.11 Å². The lowest BCUT2D eigenvalue weighted by molar-refractivity contribution is -0.141. The molecule has 1 atom stereocenters. The van der Waals surface area contributed by atoms with Crippen LogP contribution in [0.1, 0.15) is 73.3 Å². The van der Waals surface area contributed by atoms with Crippen molar-refractivity contribution >= 4 is 23.4 Å². The van der Waals surface area contributed by atoms with E-state index in [1.165, 1.54) is 50.6 Å². The third kappa shape index (κ3) is 7.82. The van der Waals surface area contributed by atoms with E-state index in [9.17, 15) is 23.2 Å². The fourth-order valence-electron chi connectivity index (χ4n) is 4.61. The van der Waals surface area contributed by atoms with Gasteiger partial charge in [0.2, 0.25) is 5.75 Å². The highest BCUT2D eigenvalue weighted by molar-refractivity contribution is 5.99. The van der Waals surface area contributed by atoms with E-state index in [0.717, 1.165) is 0 Å². The summed E-state index contributed by atoms with van der Waals surface area (Å²) < 4.78 is 44.4. The molecule has 8 nitrogen and oxygen atoms in total. The number of methoxy groups -OCH3 is 1. The number of benzene rings is 2. The molecule has 1 heterocycles. The number of ether oxygens (including phenoxy) is 3. The molecule has 0 aliphatic rings. The second-order valence-electron chi connectivity index (χ2n) is 10.1. The first-order valence-electron chi connectivity index (χ1n) is 13.9. The number of carbonyl (C=O) groups excluding carboxylic acids is 3. The predicted octanol–water partition coefficient (Wildman–Crippen LogP) is 6.47. The number of aromatic nitrogens is 1. The fraction of sp³-hybridized carbons (Fsp3) is 0.333. The third-order valence-electron chi connectivity index (χ3n) is 7.05. The smallest absolute Gasteiger partial charge is 0.333 e. The highest BCUT2D eigenvalue weighted by atomic mass is 19.1. The number of nitrogens with one attached hydrogen (secondary N) is 1. The maximum absolute atomic E-state index is 13.9. The maximum atomic E-state index is 13.9. The first-order chi connectivity index (χ1) is 20.4. The number of amides is 1. The SMILES string of the molecule is CCC(CC)C(=O)Oc1c(OC)ccnc1C(=O)N[C@@H](C)C(=O)OC(C)=C(c1ccc(F)cc1C)c1ccc(F)cc1C. The number of esters is 2. The number of pyridine rings is 1. The van der Waals surface area contributed by atoms with Gasteiger partial charge in [-0.2, -0.15) is 0 Å². The van der Waals surface area contributed by atoms with E-state index in [4.69, 9.17) is 14.2 Å². The number of carbonyl (C=O) groups is 3. The molecule has 0 radical (unpaired) electrons. The minimum Gasteiger partial charge on any atom is -0.493 e. The van der Waals surface area contributed by atoms with Crippen LogP contribution in [0.5, 0.6) is 11.5 Å². The van der Waals surface area contributed by atoms with Crippen molar-refractivity contribution in [3.05, 3.63) is 94.0 Å². The summed E-state index contributed by atoms with van der Waals surface area (Å²) in [6, 6.07) is 8.68. The van der Waals surface area contributed by atoms with Crippen molar-refractivity contribution in [1.29, 1.82) is 0 Å². The van der Waals surface area contributed by atoms with Gasteiger partial charge in [-0.05, 0) is 87.1 Å². The van der Waals surface area contributed by atoms with Gasteiger partial charge in [-0.15, -0.1) is 0 Å². The Morgan fingerprint density at radius 2 is 1.47 bits per heavy atom. The highest BCUT2D eigenvalue weighted by Gasteiger charge is 2.28. The average molecular weight is 595 g/mol. The number of aryl methyl sites for hydroxylation is 2. The van der Waals surface area contributed by atoms with Crippen LogP contribution < -0.4 is 14.8 Å². The molecular formula is C33H36F2N2O6. The Bertz CT molecular complexity index is 1490. The molecule has 1 aromatic heterocycles. The van der Waals surface area contributed by atoms with Crippen LogP contribution in [0.15, 0.2) is 54.4 Å². The number of rotatable bonds is 11. The molecule has 0 spiro atoms. The Morgan fingerprint density at radius 3 is 1.95 bits per heavy atom. The summed E-state index contributed by atoms with van der Waals surface area (Å²) in [5.74, 6) is -3.24. The standard InChI is InChI=1S/C33H36F2N2O6/c1-8-22(9-2)33(40)43-30-27(41-7)14-15-36-29(30)31(38)37-20(5)32(39)42-21(6)28(25-12-10-23(34)16-18(25)3)26-13-11-24(35)17-19(26)4/h10-17,20,22H,8-9H2,1-7H3,(H,37,38)/t20-/m0/s1. The van der Waals surface area contributed by atoms with Crippen molar-refractivity contribution in [2.45, 2.75) is 60.4 Å². The van der Waals surface area contributed by atoms with Crippen molar-refractivity contribution in [3.8, 4) is 11.5 Å². The van der Waals surface area contributed by atoms with Crippen LogP contribution in [0.3, 0.4) is 0 Å². The molecule has 2 aromatic carbocycles. The van der Waals surface area contributed by atoms with Crippen molar-refractivity contribution in [2.24, 2.45) is 5.92 Å². The first kappa shape index (κ1) is 32.9. The second-order valence-corrected chi connectivity index (χ2v) is 10.1. The van der Waals surface area contributed by atoms with Crippen molar-refractivity contribution in [3.63, 3.8) is 0 Å². The zero-order chi connectivity index (χ0) is 31.8. The Hall–Kier alpha value is -4.60. The van der Waals surface area contributed by atoms with E-state index in [-0.39, 0.29) is 28.9 Å². The summed E-state index contributed by atoms with van der Waals surface area (Å²) in [5, 5.41) is 2.54. The molecular weight excluding hydrogens is 558 g/mol. The molecule has 0 fully saturated rings. The van der Waals surface area contributed by atoms with Gasteiger partial charge < -0.3 is 19.5 Å². The zero-order valence-corrected chi connectivity index (χ0v) is 25.3. The Morgan fingerprint density at radius 1 is 0.907 bits per heavy atom. The van der Waals surface area contributed by atoms with E-state index in [1.807, 2.05) is 13.8 Å². The number of hydrogen-bond donors (Lipinski definition) is 1.